The number of rotatable bonds is 6. The van der Waals surface area contributed by atoms with Gasteiger partial charge in [0.15, 0.2) is 0 Å². The number of nitrogens with two attached hydrogens (primary N) is 1. The van der Waals surface area contributed by atoms with E-state index in [1.807, 2.05) is 0 Å². The van der Waals surface area contributed by atoms with Gasteiger partial charge in [-0.1, -0.05) is 0 Å². The van der Waals surface area contributed by atoms with Crippen LogP contribution in [0.4, 0.5) is 5.69 Å². The van der Waals surface area contributed by atoms with Gasteiger partial charge in [0.05, 0.1) is 4.90 Å². The number of nitrogens with one attached hydrogen (secondary N) is 1. The highest BCUT2D eigenvalue weighted by Crippen LogP contribution is 2.17. The number of nitrogen functional groups attached to an aromatic ring is 1. The van der Waals surface area contributed by atoms with Gasteiger partial charge in [0.1, 0.15) is 0 Å². The summed E-state index contributed by atoms with van der Waals surface area (Å²) in [5, 5.41) is 0. The van der Waals surface area contributed by atoms with E-state index in [0.717, 1.165) is 0 Å². The zero-order valence-electron chi connectivity index (χ0n) is 10.1. The van der Waals surface area contributed by atoms with Crippen molar-refractivity contribution in [2.24, 2.45) is 0 Å². The highest BCUT2D eigenvalue weighted by atomic mass is 32.2. The Labute approximate surface area is 102 Å². The van der Waals surface area contributed by atoms with E-state index in [9.17, 15) is 8.42 Å². The lowest BCUT2D eigenvalue weighted by Gasteiger charge is -2.09. The third kappa shape index (κ3) is 3.99. The lowest BCUT2D eigenvalue weighted by atomic mass is 10.2. The van der Waals surface area contributed by atoms with Crippen LogP contribution in [-0.4, -0.2) is 28.7 Å². The molecule has 0 saturated heterocycles. The molecule has 0 amide bonds. The van der Waals surface area contributed by atoms with Crippen LogP contribution in [0.15, 0.2) is 23.1 Å². The zero-order valence-corrected chi connectivity index (χ0v) is 10.9. The van der Waals surface area contributed by atoms with Gasteiger partial charge in [-0.3, -0.25) is 0 Å². The predicted molar refractivity (Wildman–Crippen MR) is 67.3 cm³/mol. The quantitative estimate of drug-likeness (QED) is 0.586. The van der Waals surface area contributed by atoms with Crippen molar-refractivity contribution >= 4 is 15.7 Å². The van der Waals surface area contributed by atoms with Gasteiger partial charge in [-0.2, -0.15) is 0 Å². The maximum atomic E-state index is 11.9. The Kier molecular flexibility index (Phi) is 4.92. The largest absolute Gasteiger partial charge is 0.399 e. The highest BCUT2D eigenvalue weighted by Gasteiger charge is 2.15. The van der Waals surface area contributed by atoms with Gasteiger partial charge >= 0.3 is 0 Å². The van der Waals surface area contributed by atoms with Crippen molar-refractivity contribution in [1.82, 2.24) is 4.72 Å². The summed E-state index contributed by atoms with van der Waals surface area (Å²) >= 11 is 0. The second-order valence-electron chi connectivity index (χ2n) is 3.77. The van der Waals surface area contributed by atoms with Crippen molar-refractivity contribution < 1.29 is 13.2 Å². The minimum Gasteiger partial charge on any atom is -0.399 e. The lowest BCUT2D eigenvalue weighted by molar-refractivity contribution is 0.196. The summed E-state index contributed by atoms with van der Waals surface area (Å²) in [5.74, 6) is 0. The summed E-state index contributed by atoms with van der Waals surface area (Å²) < 4.78 is 31.2. The number of sulfonamides is 1. The van der Waals surface area contributed by atoms with E-state index in [2.05, 4.69) is 4.72 Å². The Hall–Kier alpha value is -1.11. The van der Waals surface area contributed by atoms with E-state index in [-0.39, 0.29) is 4.90 Å². The number of benzene rings is 1. The SMILES string of the molecule is COCCCNS(=O)(=O)c1ccc(N)cc1C. The molecular formula is C11H18N2O3S. The van der Waals surface area contributed by atoms with Gasteiger partial charge < -0.3 is 10.5 Å². The van der Waals surface area contributed by atoms with E-state index in [0.29, 0.717) is 30.8 Å². The monoisotopic (exact) mass is 258 g/mol. The number of anilines is 1. The third-order valence-corrected chi connectivity index (χ3v) is 3.93. The fourth-order valence-corrected chi connectivity index (χ4v) is 2.77. The maximum absolute atomic E-state index is 11.9. The van der Waals surface area contributed by atoms with Gasteiger partial charge in [0.2, 0.25) is 10.0 Å². The molecule has 6 heteroatoms. The number of ether oxygens (including phenoxy) is 1. The van der Waals surface area contributed by atoms with Crippen LogP contribution in [-0.2, 0) is 14.8 Å². The molecule has 1 aromatic carbocycles. The maximum Gasteiger partial charge on any atom is 0.240 e. The topological polar surface area (TPSA) is 81.4 Å². The molecule has 5 nitrogen and oxygen atoms in total. The summed E-state index contributed by atoms with van der Waals surface area (Å²) in [4.78, 5) is 0.268. The van der Waals surface area contributed by atoms with Crippen LogP contribution in [0.3, 0.4) is 0 Å². The molecule has 0 fully saturated rings. The average Bonchev–Trinajstić information content (AvgIpc) is 2.24. The molecule has 0 unspecified atom stereocenters. The normalized spacial score (nSPS) is 11.6. The van der Waals surface area contributed by atoms with Gasteiger partial charge in [-0.15, -0.1) is 0 Å². The van der Waals surface area contributed by atoms with Gasteiger partial charge in [-0.25, -0.2) is 13.1 Å². The molecule has 0 saturated carbocycles. The van der Waals surface area contributed by atoms with Crippen LogP contribution < -0.4 is 10.5 Å². The molecule has 96 valence electrons. The molecule has 3 N–H and O–H groups in total. The van der Waals surface area contributed by atoms with Crippen LogP contribution in [0.2, 0.25) is 0 Å². The van der Waals surface area contributed by atoms with Crippen molar-refractivity contribution in [3.8, 4) is 0 Å². The van der Waals surface area contributed by atoms with Gasteiger partial charge in [0, 0.05) is 25.9 Å². The molecule has 0 aromatic heterocycles. The lowest BCUT2D eigenvalue weighted by Crippen LogP contribution is -2.26. The second kappa shape index (κ2) is 6.00. The van der Waals surface area contributed by atoms with Crippen LogP contribution in [0, 0.1) is 6.92 Å². The van der Waals surface area contributed by atoms with Crippen LogP contribution >= 0.6 is 0 Å². The van der Waals surface area contributed by atoms with Crippen LogP contribution in [0.5, 0.6) is 0 Å². The molecule has 1 rings (SSSR count). The summed E-state index contributed by atoms with van der Waals surface area (Å²) in [6.07, 6.45) is 0.643. The first-order chi connectivity index (χ1) is 7.97. The summed E-state index contributed by atoms with van der Waals surface area (Å²) in [6, 6.07) is 4.74. The molecule has 0 bridgehead atoms. The van der Waals surface area contributed by atoms with Crippen molar-refractivity contribution in [2.45, 2.75) is 18.2 Å². The first-order valence-corrected chi connectivity index (χ1v) is 6.80. The van der Waals surface area contributed by atoms with Crippen molar-refractivity contribution in [3.05, 3.63) is 23.8 Å². The standard InChI is InChI=1S/C11H18N2O3S/c1-9-8-10(12)4-5-11(9)17(14,15)13-6-3-7-16-2/h4-5,8,13H,3,6-7,12H2,1-2H3. The van der Waals surface area contributed by atoms with Gasteiger partial charge in [0.25, 0.3) is 0 Å². The molecule has 1 aromatic rings. The molecule has 0 heterocycles. The average molecular weight is 258 g/mol. The Balaban J connectivity index is 2.76. The third-order valence-electron chi connectivity index (χ3n) is 2.31. The predicted octanol–water partition coefficient (Wildman–Crippen LogP) is 0.892. The Morgan fingerprint density at radius 3 is 2.71 bits per heavy atom. The molecule has 17 heavy (non-hydrogen) atoms. The minimum absolute atomic E-state index is 0.268. The molecule has 0 aliphatic heterocycles. The Morgan fingerprint density at radius 2 is 2.12 bits per heavy atom. The van der Waals surface area contributed by atoms with Crippen LogP contribution in [0.25, 0.3) is 0 Å². The number of aryl methyl sites for hydroxylation is 1. The number of hydrogen-bond acceptors (Lipinski definition) is 4. The molecule has 0 atom stereocenters. The van der Waals surface area contributed by atoms with Crippen molar-refractivity contribution in [2.75, 3.05) is 26.0 Å². The Bertz CT molecular complexity index is 472. The molecular weight excluding hydrogens is 240 g/mol. The van der Waals surface area contributed by atoms with E-state index in [1.165, 1.54) is 6.07 Å². The zero-order chi connectivity index (χ0) is 12.9. The van der Waals surface area contributed by atoms with Crippen molar-refractivity contribution in [1.29, 1.82) is 0 Å². The minimum atomic E-state index is -3.45. The first-order valence-electron chi connectivity index (χ1n) is 5.32. The summed E-state index contributed by atoms with van der Waals surface area (Å²) in [5.41, 5.74) is 6.78. The molecule has 0 aliphatic carbocycles. The number of methoxy groups -OCH3 is 1. The van der Waals surface area contributed by atoms with E-state index >= 15 is 0 Å². The van der Waals surface area contributed by atoms with E-state index < -0.39 is 10.0 Å². The van der Waals surface area contributed by atoms with Crippen LogP contribution in [0.1, 0.15) is 12.0 Å². The molecule has 0 aliphatic rings. The fraction of sp³-hybridized carbons (Fsp3) is 0.455. The van der Waals surface area contributed by atoms with E-state index in [1.54, 1.807) is 26.2 Å². The summed E-state index contributed by atoms with van der Waals surface area (Å²) in [6.45, 7) is 2.61. The Morgan fingerprint density at radius 1 is 1.41 bits per heavy atom. The van der Waals surface area contributed by atoms with Crippen molar-refractivity contribution in [3.63, 3.8) is 0 Å². The molecule has 0 radical (unpaired) electrons. The number of hydrogen-bond donors (Lipinski definition) is 2. The highest BCUT2D eigenvalue weighted by molar-refractivity contribution is 7.89. The smallest absolute Gasteiger partial charge is 0.240 e. The summed E-state index contributed by atoms with van der Waals surface area (Å²) in [7, 11) is -1.87. The first kappa shape index (κ1) is 14.0. The second-order valence-corrected chi connectivity index (χ2v) is 5.50. The molecule has 0 spiro atoms. The van der Waals surface area contributed by atoms with E-state index in [4.69, 9.17) is 10.5 Å². The van der Waals surface area contributed by atoms with Gasteiger partial charge in [-0.05, 0) is 37.1 Å². The fourth-order valence-electron chi connectivity index (χ4n) is 1.47.